The van der Waals surface area contributed by atoms with E-state index < -0.39 is 17.9 Å². The summed E-state index contributed by atoms with van der Waals surface area (Å²) >= 11 is 0. The van der Waals surface area contributed by atoms with Crippen LogP contribution in [-0.2, 0) is 16.1 Å². The lowest BCUT2D eigenvalue weighted by Crippen LogP contribution is -2.39. The highest BCUT2D eigenvalue weighted by Gasteiger charge is 2.21. The van der Waals surface area contributed by atoms with Crippen LogP contribution in [-0.4, -0.2) is 49.8 Å². The Morgan fingerprint density at radius 1 is 1.13 bits per heavy atom. The molecule has 0 spiro atoms. The molecule has 4 heterocycles. The molecule has 9 nitrogen and oxygen atoms in total. The first kappa shape index (κ1) is 20.1. The molecule has 156 valence electrons. The maximum atomic E-state index is 13.0. The number of carbonyl (C=O) groups is 2. The number of nitrogens with one attached hydrogen (secondary N) is 1. The normalized spacial score (nSPS) is 11.8. The number of hydrogen-bond acceptors (Lipinski definition) is 7. The molecule has 0 aliphatic rings. The number of esters is 1. The molecule has 0 aromatic carbocycles. The van der Waals surface area contributed by atoms with Gasteiger partial charge in [-0.1, -0.05) is 6.07 Å². The summed E-state index contributed by atoms with van der Waals surface area (Å²) in [6, 6.07) is 8.33. The molecule has 1 unspecified atom stereocenters. The predicted octanol–water partition coefficient (Wildman–Crippen LogP) is 2.23. The van der Waals surface area contributed by atoms with Gasteiger partial charge in [0.2, 0.25) is 0 Å². The minimum atomic E-state index is -0.798. The number of aromatic nitrogens is 5. The third-order valence-corrected chi connectivity index (χ3v) is 4.77. The largest absolute Gasteiger partial charge is 0.467 e. The van der Waals surface area contributed by atoms with E-state index in [0.29, 0.717) is 28.8 Å². The van der Waals surface area contributed by atoms with Crippen LogP contribution >= 0.6 is 0 Å². The maximum absolute atomic E-state index is 13.0. The van der Waals surface area contributed by atoms with Crippen LogP contribution in [0, 0.1) is 0 Å². The number of hydrogen-bond donors (Lipinski definition) is 1. The number of methoxy groups -OCH3 is 1. The van der Waals surface area contributed by atoms with Crippen molar-refractivity contribution in [1.82, 2.24) is 30.0 Å². The average molecular weight is 416 g/mol. The standard InChI is InChI=1S/C22H20N6O3/c1-14(22(30)31-2)26-21(29)17-9-19(16-6-4-8-24-11-16)27-20-18(17)12-25-28(20)13-15-5-3-7-23-10-15/h3-12,14H,13H2,1-2H3,(H,26,29). The van der Waals surface area contributed by atoms with Gasteiger partial charge in [-0.2, -0.15) is 5.10 Å². The summed E-state index contributed by atoms with van der Waals surface area (Å²) in [5, 5.41) is 7.69. The summed E-state index contributed by atoms with van der Waals surface area (Å²) in [5.41, 5.74) is 3.18. The van der Waals surface area contributed by atoms with Crippen molar-refractivity contribution >= 4 is 22.9 Å². The predicted molar refractivity (Wildman–Crippen MR) is 113 cm³/mol. The lowest BCUT2D eigenvalue weighted by atomic mass is 10.1. The number of carbonyl (C=O) groups excluding carboxylic acids is 2. The first-order chi connectivity index (χ1) is 15.1. The van der Waals surface area contributed by atoms with Gasteiger partial charge in [-0.15, -0.1) is 0 Å². The summed E-state index contributed by atoms with van der Waals surface area (Å²) in [7, 11) is 1.28. The summed E-state index contributed by atoms with van der Waals surface area (Å²) in [4.78, 5) is 37.8. The minimum absolute atomic E-state index is 0.358. The van der Waals surface area contributed by atoms with Crippen molar-refractivity contribution in [3.05, 3.63) is 72.4 Å². The summed E-state index contributed by atoms with van der Waals surface area (Å²) in [6.45, 7) is 2.01. The summed E-state index contributed by atoms with van der Waals surface area (Å²) in [5.74, 6) is -0.949. The molecule has 0 aliphatic heterocycles. The molecule has 0 aliphatic carbocycles. The van der Waals surface area contributed by atoms with Crippen LogP contribution in [0.5, 0.6) is 0 Å². The van der Waals surface area contributed by atoms with Gasteiger partial charge in [-0.25, -0.2) is 14.5 Å². The minimum Gasteiger partial charge on any atom is -0.467 e. The van der Waals surface area contributed by atoms with Gasteiger partial charge in [0.1, 0.15) is 6.04 Å². The number of fused-ring (bicyclic) bond motifs is 1. The van der Waals surface area contributed by atoms with E-state index in [9.17, 15) is 9.59 Å². The van der Waals surface area contributed by atoms with Crippen LogP contribution in [0.4, 0.5) is 0 Å². The van der Waals surface area contributed by atoms with Crippen LogP contribution < -0.4 is 5.32 Å². The van der Waals surface area contributed by atoms with E-state index in [1.165, 1.54) is 7.11 Å². The first-order valence-corrected chi connectivity index (χ1v) is 9.61. The van der Waals surface area contributed by atoms with E-state index >= 15 is 0 Å². The Hall–Kier alpha value is -4.14. The highest BCUT2D eigenvalue weighted by Crippen LogP contribution is 2.25. The van der Waals surface area contributed by atoms with Crippen LogP contribution in [0.15, 0.2) is 61.3 Å². The maximum Gasteiger partial charge on any atom is 0.328 e. The number of nitrogens with zero attached hydrogens (tertiary/aromatic N) is 5. The third-order valence-electron chi connectivity index (χ3n) is 4.77. The monoisotopic (exact) mass is 416 g/mol. The molecule has 0 saturated heterocycles. The molecule has 0 radical (unpaired) electrons. The fraction of sp³-hybridized carbons (Fsp3) is 0.182. The lowest BCUT2D eigenvalue weighted by molar-refractivity contribution is -0.142. The van der Waals surface area contributed by atoms with E-state index in [1.54, 1.807) is 54.7 Å². The first-order valence-electron chi connectivity index (χ1n) is 9.61. The van der Waals surface area contributed by atoms with Crippen LogP contribution in [0.3, 0.4) is 0 Å². The quantitative estimate of drug-likeness (QED) is 0.480. The highest BCUT2D eigenvalue weighted by molar-refractivity contribution is 6.07. The Balaban J connectivity index is 1.80. The molecule has 4 aromatic heterocycles. The molecule has 1 N–H and O–H groups in total. The molecule has 9 heteroatoms. The van der Waals surface area contributed by atoms with Gasteiger partial charge in [0, 0.05) is 30.4 Å². The van der Waals surface area contributed by atoms with Crippen LogP contribution in [0.2, 0.25) is 0 Å². The van der Waals surface area contributed by atoms with E-state index in [4.69, 9.17) is 9.72 Å². The van der Waals surface area contributed by atoms with E-state index in [0.717, 1.165) is 11.1 Å². The molecule has 0 bridgehead atoms. The molecule has 4 aromatic rings. The van der Waals surface area contributed by atoms with Crippen LogP contribution in [0.25, 0.3) is 22.3 Å². The molecule has 0 fully saturated rings. The second-order valence-electron chi connectivity index (χ2n) is 6.92. The van der Waals surface area contributed by atoms with Gasteiger partial charge in [-0.05, 0) is 36.8 Å². The zero-order chi connectivity index (χ0) is 21.8. The van der Waals surface area contributed by atoms with Crippen molar-refractivity contribution in [2.75, 3.05) is 7.11 Å². The molecule has 31 heavy (non-hydrogen) atoms. The molecule has 1 amide bonds. The van der Waals surface area contributed by atoms with Crippen molar-refractivity contribution < 1.29 is 14.3 Å². The SMILES string of the molecule is COC(=O)C(C)NC(=O)c1cc(-c2cccnc2)nc2c1cnn2Cc1cccnc1. The molecular weight excluding hydrogens is 396 g/mol. The lowest BCUT2D eigenvalue weighted by Gasteiger charge is -2.13. The van der Waals surface area contributed by atoms with Crippen molar-refractivity contribution in [3.63, 3.8) is 0 Å². The zero-order valence-electron chi connectivity index (χ0n) is 17.0. The second-order valence-corrected chi connectivity index (χ2v) is 6.92. The summed E-state index contributed by atoms with van der Waals surface area (Å²) < 4.78 is 6.42. The molecule has 0 saturated carbocycles. The Bertz CT molecular complexity index is 1220. The molecule has 4 rings (SSSR count). The highest BCUT2D eigenvalue weighted by atomic mass is 16.5. The fourth-order valence-corrected chi connectivity index (χ4v) is 3.19. The number of pyridine rings is 3. The van der Waals surface area contributed by atoms with Crippen molar-refractivity contribution in [2.45, 2.75) is 19.5 Å². The van der Waals surface area contributed by atoms with Gasteiger partial charge >= 0.3 is 5.97 Å². The zero-order valence-corrected chi connectivity index (χ0v) is 17.0. The van der Waals surface area contributed by atoms with Crippen molar-refractivity contribution in [3.8, 4) is 11.3 Å². The van der Waals surface area contributed by atoms with Crippen molar-refractivity contribution in [2.24, 2.45) is 0 Å². The molecule has 1 atom stereocenters. The Labute approximate surface area is 178 Å². The fourth-order valence-electron chi connectivity index (χ4n) is 3.19. The van der Waals surface area contributed by atoms with Crippen LogP contribution in [0.1, 0.15) is 22.8 Å². The van der Waals surface area contributed by atoms with Gasteiger partial charge in [0.25, 0.3) is 5.91 Å². The van der Waals surface area contributed by atoms with Gasteiger partial charge in [-0.3, -0.25) is 14.8 Å². The second kappa shape index (κ2) is 8.70. The average Bonchev–Trinajstić information content (AvgIpc) is 3.21. The molecular formula is C22H20N6O3. The Kier molecular flexibility index (Phi) is 5.65. The number of rotatable bonds is 6. The smallest absolute Gasteiger partial charge is 0.328 e. The Morgan fingerprint density at radius 3 is 2.58 bits per heavy atom. The van der Waals surface area contributed by atoms with E-state index in [2.05, 4.69) is 20.4 Å². The van der Waals surface area contributed by atoms with E-state index in [1.807, 2.05) is 18.2 Å². The Morgan fingerprint density at radius 2 is 1.90 bits per heavy atom. The third kappa shape index (κ3) is 4.25. The van der Waals surface area contributed by atoms with Gasteiger partial charge in [0.15, 0.2) is 5.65 Å². The van der Waals surface area contributed by atoms with E-state index in [-0.39, 0.29) is 0 Å². The number of ether oxygens (including phenoxy) is 1. The number of amides is 1. The summed E-state index contributed by atoms with van der Waals surface area (Å²) in [6.07, 6.45) is 8.40. The van der Waals surface area contributed by atoms with Crippen molar-refractivity contribution in [1.29, 1.82) is 0 Å². The topological polar surface area (TPSA) is 112 Å². The van der Waals surface area contributed by atoms with Gasteiger partial charge in [0.05, 0.1) is 36.5 Å². The van der Waals surface area contributed by atoms with Gasteiger partial charge < -0.3 is 10.1 Å².